The van der Waals surface area contributed by atoms with Crippen molar-refractivity contribution >= 4 is 17.7 Å². The zero-order valence-corrected chi connectivity index (χ0v) is 16.9. The van der Waals surface area contributed by atoms with E-state index in [9.17, 15) is 4.39 Å². The van der Waals surface area contributed by atoms with Crippen LogP contribution in [0.1, 0.15) is 31.4 Å². The third kappa shape index (κ3) is 6.36. The van der Waals surface area contributed by atoms with Crippen LogP contribution >= 0.6 is 11.8 Å². The van der Waals surface area contributed by atoms with Crippen LogP contribution in [0.2, 0.25) is 0 Å². The van der Waals surface area contributed by atoms with Gasteiger partial charge in [-0.05, 0) is 43.2 Å². The fraction of sp³-hybridized carbons (Fsp3) is 0.650. The monoisotopic (exact) mass is 394 g/mol. The number of aliphatic imine (C=N–C) groups is 1. The van der Waals surface area contributed by atoms with Gasteiger partial charge in [-0.1, -0.05) is 12.1 Å². The van der Waals surface area contributed by atoms with E-state index >= 15 is 0 Å². The average molecular weight is 395 g/mol. The van der Waals surface area contributed by atoms with Crippen LogP contribution in [0.15, 0.2) is 29.3 Å². The Balaban J connectivity index is 1.67. The summed E-state index contributed by atoms with van der Waals surface area (Å²) in [7, 11) is 0. The first kappa shape index (κ1) is 20.4. The SMILES string of the molecule is CCNC(=NCC(c1ccc(F)cc1)N1CCOCC1)NCC1CCCS1. The van der Waals surface area contributed by atoms with E-state index in [1.807, 2.05) is 23.9 Å². The lowest BCUT2D eigenvalue weighted by Crippen LogP contribution is -2.42. The van der Waals surface area contributed by atoms with Gasteiger partial charge in [0.1, 0.15) is 5.82 Å². The number of nitrogens with zero attached hydrogens (tertiary/aromatic N) is 2. The molecule has 0 saturated carbocycles. The van der Waals surface area contributed by atoms with Crippen LogP contribution < -0.4 is 10.6 Å². The molecule has 2 atom stereocenters. The predicted molar refractivity (Wildman–Crippen MR) is 111 cm³/mol. The maximum Gasteiger partial charge on any atom is 0.191 e. The molecule has 2 N–H and O–H groups in total. The summed E-state index contributed by atoms with van der Waals surface area (Å²) in [5.74, 6) is 1.93. The fourth-order valence-corrected chi connectivity index (χ4v) is 4.74. The fourth-order valence-electron chi connectivity index (χ4n) is 3.54. The summed E-state index contributed by atoms with van der Waals surface area (Å²) < 4.78 is 18.9. The molecule has 2 aliphatic rings. The molecule has 3 rings (SSSR count). The first-order valence-electron chi connectivity index (χ1n) is 9.97. The van der Waals surface area contributed by atoms with Crippen molar-refractivity contribution in [2.24, 2.45) is 4.99 Å². The molecule has 27 heavy (non-hydrogen) atoms. The number of benzene rings is 1. The Hall–Kier alpha value is -1.31. The van der Waals surface area contributed by atoms with Crippen molar-refractivity contribution in [3.8, 4) is 0 Å². The highest BCUT2D eigenvalue weighted by atomic mass is 32.2. The normalized spacial score (nSPS) is 22.6. The van der Waals surface area contributed by atoms with Crippen molar-refractivity contribution in [2.75, 3.05) is 51.7 Å². The van der Waals surface area contributed by atoms with Crippen LogP contribution in [0.5, 0.6) is 0 Å². The molecule has 150 valence electrons. The van der Waals surface area contributed by atoms with Crippen LogP contribution in [0, 0.1) is 5.82 Å². The van der Waals surface area contributed by atoms with Crippen molar-refractivity contribution in [2.45, 2.75) is 31.1 Å². The molecule has 2 unspecified atom stereocenters. The van der Waals surface area contributed by atoms with Crippen LogP contribution in [0.4, 0.5) is 4.39 Å². The molecule has 0 radical (unpaired) electrons. The molecule has 0 aliphatic carbocycles. The molecule has 5 nitrogen and oxygen atoms in total. The van der Waals surface area contributed by atoms with E-state index < -0.39 is 0 Å². The quantitative estimate of drug-likeness (QED) is 0.550. The number of guanidine groups is 1. The average Bonchev–Trinajstić information content (AvgIpc) is 3.22. The molecular weight excluding hydrogens is 363 g/mol. The summed E-state index contributed by atoms with van der Waals surface area (Å²) in [5.41, 5.74) is 1.10. The number of halogens is 1. The van der Waals surface area contributed by atoms with Gasteiger partial charge in [0, 0.05) is 31.4 Å². The second kappa shape index (κ2) is 10.9. The maximum absolute atomic E-state index is 13.4. The third-order valence-corrected chi connectivity index (χ3v) is 6.43. The van der Waals surface area contributed by atoms with Crippen molar-refractivity contribution in [3.05, 3.63) is 35.6 Å². The molecule has 1 aromatic carbocycles. The standard InChI is InChI=1S/C20H31FN4OS/c1-2-22-20(23-14-18-4-3-13-27-18)24-15-19(25-9-11-26-12-10-25)16-5-7-17(21)8-6-16/h5-8,18-19H,2-4,9-15H2,1H3,(H2,22,23,24). The number of thioether (sulfide) groups is 1. The van der Waals surface area contributed by atoms with E-state index in [1.54, 1.807) is 0 Å². The van der Waals surface area contributed by atoms with Crippen LogP contribution in [-0.2, 0) is 4.74 Å². The summed E-state index contributed by atoms with van der Waals surface area (Å²) in [6, 6.07) is 6.95. The highest BCUT2D eigenvalue weighted by Gasteiger charge is 2.23. The van der Waals surface area contributed by atoms with Crippen molar-refractivity contribution in [1.82, 2.24) is 15.5 Å². The maximum atomic E-state index is 13.4. The second-order valence-corrected chi connectivity index (χ2v) is 8.36. The number of rotatable bonds is 7. The highest BCUT2D eigenvalue weighted by molar-refractivity contribution is 8.00. The summed E-state index contributed by atoms with van der Waals surface area (Å²) in [4.78, 5) is 7.24. The first-order valence-corrected chi connectivity index (χ1v) is 11.0. The number of hydrogen-bond acceptors (Lipinski definition) is 4. The first-order chi connectivity index (χ1) is 13.3. The Labute approximate surface area is 166 Å². The van der Waals surface area contributed by atoms with Gasteiger partial charge in [-0.3, -0.25) is 9.89 Å². The van der Waals surface area contributed by atoms with E-state index in [4.69, 9.17) is 9.73 Å². The Bertz CT molecular complexity index is 586. The van der Waals surface area contributed by atoms with Crippen LogP contribution in [0.25, 0.3) is 0 Å². The molecule has 0 spiro atoms. The Morgan fingerprint density at radius 1 is 1.30 bits per heavy atom. The van der Waals surface area contributed by atoms with Gasteiger partial charge in [0.2, 0.25) is 0 Å². The van der Waals surface area contributed by atoms with E-state index in [-0.39, 0.29) is 11.9 Å². The number of nitrogens with one attached hydrogen (secondary N) is 2. The second-order valence-electron chi connectivity index (χ2n) is 6.95. The smallest absolute Gasteiger partial charge is 0.191 e. The minimum absolute atomic E-state index is 0.130. The molecule has 2 saturated heterocycles. The largest absolute Gasteiger partial charge is 0.379 e. The van der Waals surface area contributed by atoms with Gasteiger partial charge in [0.25, 0.3) is 0 Å². The molecule has 2 aliphatic heterocycles. The van der Waals surface area contributed by atoms with Gasteiger partial charge in [-0.25, -0.2) is 4.39 Å². The Morgan fingerprint density at radius 3 is 2.74 bits per heavy atom. The minimum atomic E-state index is -0.202. The van der Waals surface area contributed by atoms with E-state index in [2.05, 4.69) is 22.5 Å². The molecule has 1 aromatic rings. The summed E-state index contributed by atoms with van der Waals surface area (Å²) in [5, 5.41) is 7.53. The molecule has 2 fully saturated rings. The van der Waals surface area contributed by atoms with Gasteiger partial charge in [0.15, 0.2) is 5.96 Å². The molecule has 2 heterocycles. The van der Waals surface area contributed by atoms with E-state index in [1.165, 1.54) is 30.7 Å². The summed E-state index contributed by atoms with van der Waals surface area (Å²) in [6.07, 6.45) is 2.59. The summed E-state index contributed by atoms with van der Waals surface area (Å²) >= 11 is 2.04. The molecular formula is C20H31FN4OS. The molecule has 0 amide bonds. The van der Waals surface area contributed by atoms with Crippen molar-refractivity contribution < 1.29 is 9.13 Å². The van der Waals surface area contributed by atoms with Crippen LogP contribution in [-0.4, -0.2) is 67.8 Å². The molecule has 7 heteroatoms. The topological polar surface area (TPSA) is 48.9 Å². The number of ether oxygens (including phenoxy) is 1. The van der Waals surface area contributed by atoms with E-state index in [0.29, 0.717) is 11.8 Å². The van der Waals surface area contributed by atoms with Crippen molar-refractivity contribution in [3.63, 3.8) is 0 Å². The van der Waals surface area contributed by atoms with Crippen molar-refractivity contribution in [1.29, 1.82) is 0 Å². The lowest BCUT2D eigenvalue weighted by molar-refractivity contribution is 0.0179. The number of hydrogen-bond donors (Lipinski definition) is 2. The lowest BCUT2D eigenvalue weighted by atomic mass is 10.0. The zero-order valence-electron chi connectivity index (χ0n) is 16.1. The van der Waals surface area contributed by atoms with Gasteiger partial charge in [0.05, 0.1) is 25.8 Å². The molecule has 0 aromatic heterocycles. The van der Waals surface area contributed by atoms with Gasteiger partial charge in [-0.2, -0.15) is 11.8 Å². The zero-order chi connectivity index (χ0) is 18.9. The lowest BCUT2D eigenvalue weighted by Gasteiger charge is -2.34. The van der Waals surface area contributed by atoms with Gasteiger partial charge in [-0.15, -0.1) is 0 Å². The minimum Gasteiger partial charge on any atom is -0.379 e. The summed E-state index contributed by atoms with van der Waals surface area (Å²) in [6.45, 7) is 7.73. The highest BCUT2D eigenvalue weighted by Crippen LogP contribution is 2.25. The number of morpholine rings is 1. The van der Waals surface area contributed by atoms with Gasteiger partial charge < -0.3 is 15.4 Å². The van der Waals surface area contributed by atoms with Crippen LogP contribution in [0.3, 0.4) is 0 Å². The van der Waals surface area contributed by atoms with Gasteiger partial charge >= 0.3 is 0 Å². The predicted octanol–water partition coefficient (Wildman–Crippen LogP) is 2.65. The van der Waals surface area contributed by atoms with E-state index in [0.717, 1.165) is 50.9 Å². The Kier molecular flexibility index (Phi) is 8.23. The third-order valence-electron chi connectivity index (χ3n) is 5.03. The Morgan fingerprint density at radius 2 is 2.07 bits per heavy atom. The molecule has 0 bridgehead atoms.